The van der Waals surface area contributed by atoms with Crippen molar-refractivity contribution in [3.05, 3.63) is 111 Å². The van der Waals surface area contributed by atoms with Gasteiger partial charge in [0.1, 0.15) is 5.56 Å². The van der Waals surface area contributed by atoms with Crippen LogP contribution in [-0.4, -0.2) is 53.7 Å². The predicted molar refractivity (Wildman–Crippen MR) is 124 cm³/mol. The lowest BCUT2D eigenvalue weighted by Gasteiger charge is -2.62. The predicted octanol–water partition coefficient (Wildman–Crippen LogP) is 2.81. The molecule has 0 N–H and O–H groups in total. The molecule has 2 bridgehead atoms. The number of nitrogens with zero attached hydrogens (tertiary/aromatic N) is 3. The van der Waals surface area contributed by atoms with Crippen molar-refractivity contribution in [2.45, 2.75) is 11.1 Å². The molecule has 176 valence electrons. The fourth-order valence-corrected chi connectivity index (χ4v) is 5.62. The van der Waals surface area contributed by atoms with E-state index < -0.39 is 39.5 Å². The van der Waals surface area contributed by atoms with Gasteiger partial charge in [0.25, 0.3) is 5.69 Å². The fourth-order valence-electron chi connectivity index (χ4n) is 5.62. The quantitative estimate of drug-likeness (QED) is 0.251. The van der Waals surface area contributed by atoms with E-state index in [4.69, 9.17) is 4.74 Å². The largest absolute Gasteiger partial charge is 0.465 e. The van der Waals surface area contributed by atoms with E-state index in [9.17, 15) is 24.5 Å². The normalized spacial score (nSPS) is 22.7. The Morgan fingerprint density at radius 1 is 0.857 bits per heavy atom. The van der Waals surface area contributed by atoms with Crippen molar-refractivity contribution in [2.75, 3.05) is 21.2 Å². The first-order chi connectivity index (χ1) is 16.7. The molecule has 3 aliphatic rings. The molecule has 3 aliphatic heterocycles. The zero-order valence-electron chi connectivity index (χ0n) is 19.2. The van der Waals surface area contributed by atoms with Crippen LogP contribution in [0.5, 0.6) is 0 Å². The van der Waals surface area contributed by atoms with E-state index in [0.29, 0.717) is 16.7 Å². The summed E-state index contributed by atoms with van der Waals surface area (Å²) >= 11 is 0. The van der Waals surface area contributed by atoms with Crippen LogP contribution < -0.4 is 0 Å². The monoisotopic (exact) mass is 471 g/mol. The summed E-state index contributed by atoms with van der Waals surface area (Å²) in [5.41, 5.74) is -2.50. The highest BCUT2D eigenvalue weighted by atomic mass is 16.6. The molecule has 0 radical (unpaired) electrons. The van der Waals surface area contributed by atoms with Crippen LogP contribution in [0.4, 0.5) is 5.69 Å². The van der Waals surface area contributed by atoms with Crippen molar-refractivity contribution in [3.8, 4) is 0 Å². The Morgan fingerprint density at radius 2 is 1.37 bits per heavy atom. The Balaban J connectivity index is 2.01. The summed E-state index contributed by atoms with van der Waals surface area (Å²) in [5.74, 6) is -1.92. The number of hydrogen-bond acceptors (Lipinski definition) is 6. The minimum Gasteiger partial charge on any atom is -0.465 e. The maximum absolute atomic E-state index is 14.2. The standard InChI is InChI=1S/C26H21N3O6/c1-27-23(31)25(16-10-6-4-7-11-16)19-14-18(22(30)35-3)21(29(33)34)15-20(19)26(27,28(2)24(25)32)17-12-8-5-9-13-17/h4-15H,1-3H3. The number of ether oxygens (including phenoxy) is 1. The third-order valence-corrected chi connectivity index (χ3v) is 7.12. The lowest BCUT2D eigenvalue weighted by Crippen LogP contribution is -2.77. The number of fused-ring (bicyclic) bond motifs is 2. The maximum Gasteiger partial charge on any atom is 0.344 e. The average molecular weight is 471 g/mol. The first-order valence-electron chi connectivity index (χ1n) is 10.8. The first kappa shape index (κ1) is 22.3. The zero-order valence-corrected chi connectivity index (χ0v) is 19.2. The number of esters is 1. The number of benzene rings is 3. The van der Waals surface area contributed by atoms with Crippen LogP contribution in [0.2, 0.25) is 0 Å². The van der Waals surface area contributed by atoms with Crippen LogP contribution >= 0.6 is 0 Å². The molecule has 0 atom stereocenters. The van der Waals surface area contributed by atoms with E-state index in [0.717, 1.165) is 7.11 Å². The van der Waals surface area contributed by atoms with Crippen LogP contribution in [0, 0.1) is 10.1 Å². The first-order valence-corrected chi connectivity index (χ1v) is 10.8. The van der Waals surface area contributed by atoms with Crippen molar-refractivity contribution in [1.29, 1.82) is 0 Å². The smallest absolute Gasteiger partial charge is 0.344 e. The Labute approximate surface area is 200 Å². The van der Waals surface area contributed by atoms with E-state index in [1.807, 2.05) is 0 Å². The number of carbonyl (C=O) groups is 3. The lowest BCUT2D eigenvalue weighted by atomic mass is 9.60. The Bertz CT molecular complexity index is 1380. The molecule has 0 spiro atoms. The molecule has 3 heterocycles. The molecule has 35 heavy (non-hydrogen) atoms. The van der Waals surface area contributed by atoms with Gasteiger partial charge >= 0.3 is 5.97 Å². The molecular weight excluding hydrogens is 450 g/mol. The van der Waals surface area contributed by atoms with Crippen molar-refractivity contribution >= 4 is 23.5 Å². The topological polar surface area (TPSA) is 110 Å². The van der Waals surface area contributed by atoms with E-state index in [1.54, 1.807) is 74.8 Å². The summed E-state index contributed by atoms with van der Waals surface area (Å²) in [6.45, 7) is 0. The third-order valence-electron chi connectivity index (χ3n) is 7.12. The van der Waals surface area contributed by atoms with Crippen LogP contribution in [0.15, 0.2) is 72.8 Å². The van der Waals surface area contributed by atoms with Crippen molar-refractivity contribution in [1.82, 2.24) is 9.80 Å². The fraction of sp³-hybridized carbons (Fsp3) is 0.192. The van der Waals surface area contributed by atoms with Gasteiger partial charge in [-0.3, -0.25) is 19.7 Å². The van der Waals surface area contributed by atoms with Gasteiger partial charge < -0.3 is 14.5 Å². The molecule has 9 heteroatoms. The highest BCUT2D eigenvalue weighted by Gasteiger charge is 2.70. The molecule has 0 saturated carbocycles. The second-order valence-electron chi connectivity index (χ2n) is 8.55. The third kappa shape index (κ3) is 2.55. The Morgan fingerprint density at radius 3 is 1.86 bits per heavy atom. The highest BCUT2D eigenvalue weighted by molar-refractivity contribution is 6.19. The molecule has 3 aromatic carbocycles. The van der Waals surface area contributed by atoms with Crippen LogP contribution in [-0.2, 0) is 25.4 Å². The van der Waals surface area contributed by atoms with Gasteiger partial charge in [-0.05, 0) is 17.2 Å². The van der Waals surface area contributed by atoms with Gasteiger partial charge in [-0.1, -0.05) is 60.7 Å². The second-order valence-corrected chi connectivity index (χ2v) is 8.55. The van der Waals surface area contributed by atoms with Gasteiger partial charge in [0.15, 0.2) is 11.1 Å². The van der Waals surface area contributed by atoms with E-state index in [1.165, 1.54) is 21.9 Å². The van der Waals surface area contributed by atoms with E-state index in [2.05, 4.69) is 0 Å². The molecule has 2 amide bonds. The molecule has 1 saturated heterocycles. The molecule has 3 aromatic rings. The van der Waals surface area contributed by atoms with Gasteiger partial charge in [0.05, 0.1) is 12.0 Å². The van der Waals surface area contributed by atoms with Gasteiger partial charge in [-0.25, -0.2) is 4.79 Å². The SMILES string of the molecule is COC(=O)c1cc2c(cc1[N+](=O)[O-])C1(c3ccccc3)N(C)C(=O)C2(c2ccccc2)C(=O)N1C. The highest BCUT2D eigenvalue weighted by Crippen LogP contribution is 2.57. The molecule has 0 unspecified atom stereocenters. The number of hydrogen-bond donors (Lipinski definition) is 0. The Hall–Kier alpha value is -4.53. The van der Waals surface area contributed by atoms with Crippen LogP contribution in [0.3, 0.4) is 0 Å². The van der Waals surface area contributed by atoms with Crippen molar-refractivity contribution < 1.29 is 24.0 Å². The molecular formula is C26H21N3O6. The molecule has 6 rings (SSSR count). The molecule has 0 aromatic heterocycles. The van der Waals surface area contributed by atoms with Gasteiger partial charge in [0.2, 0.25) is 11.8 Å². The van der Waals surface area contributed by atoms with Crippen molar-refractivity contribution in [3.63, 3.8) is 0 Å². The number of nitro benzene ring substituents is 1. The van der Waals surface area contributed by atoms with E-state index >= 15 is 0 Å². The van der Waals surface area contributed by atoms with E-state index in [-0.39, 0.29) is 11.1 Å². The summed E-state index contributed by atoms with van der Waals surface area (Å²) < 4.78 is 4.81. The average Bonchev–Trinajstić information content (AvgIpc) is 2.88. The number of carbonyl (C=O) groups excluding carboxylic acids is 3. The van der Waals surface area contributed by atoms with Crippen molar-refractivity contribution in [2.24, 2.45) is 0 Å². The summed E-state index contributed by atoms with van der Waals surface area (Å²) in [4.78, 5) is 55.3. The molecule has 9 nitrogen and oxygen atoms in total. The summed E-state index contributed by atoms with van der Waals surface area (Å²) in [7, 11) is 4.28. The number of nitro groups is 1. The van der Waals surface area contributed by atoms with Crippen LogP contribution in [0.25, 0.3) is 0 Å². The maximum atomic E-state index is 14.2. The molecule has 1 fully saturated rings. The van der Waals surface area contributed by atoms with Gasteiger partial charge in [-0.2, -0.15) is 0 Å². The number of rotatable bonds is 4. The number of likely N-dealkylation sites (N-methyl/N-ethyl adjacent to an activating group) is 2. The minimum absolute atomic E-state index is 0.227. The van der Waals surface area contributed by atoms with Crippen LogP contribution in [0.1, 0.15) is 32.6 Å². The summed E-state index contributed by atoms with van der Waals surface area (Å²) in [5, 5.41) is 12.1. The number of amides is 2. The second kappa shape index (κ2) is 7.49. The van der Waals surface area contributed by atoms with Gasteiger partial charge in [-0.15, -0.1) is 0 Å². The summed E-state index contributed by atoms with van der Waals surface area (Å²) in [6.07, 6.45) is 0. The number of methoxy groups -OCH3 is 1. The summed E-state index contributed by atoms with van der Waals surface area (Å²) in [6, 6.07) is 20.0. The lowest BCUT2D eigenvalue weighted by molar-refractivity contribution is -0.385. The Kier molecular flexibility index (Phi) is 4.77. The van der Waals surface area contributed by atoms with Gasteiger partial charge in [0, 0.05) is 31.3 Å². The molecule has 0 aliphatic carbocycles. The minimum atomic E-state index is -1.82. The zero-order chi connectivity index (χ0) is 25.1.